The zero-order valence-corrected chi connectivity index (χ0v) is 7.00. The van der Waals surface area contributed by atoms with Gasteiger partial charge in [-0.15, -0.1) is 0 Å². The lowest BCUT2D eigenvalue weighted by atomic mass is 9.97. The Morgan fingerprint density at radius 2 is 2.18 bits per heavy atom. The molecule has 0 heterocycles. The fourth-order valence-electron chi connectivity index (χ4n) is 0.740. The molecule has 4 heteroatoms. The van der Waals surface area contributed by atoms with E-state index in [9.17, 15) is 9.90 Å². The van der Waals surface area contributed by atoms with Crippen molar-refractivity contribution in [2.24, 2.45) is 0 Å². The highest BCUT2D eigenvalue weighted by Crippen LogP contribution is 2.14. The Labute approximate surface area is 65.8 Å². The van der Waals surface area contributed by atoms with Crippen LogP contribution in [-0.2, 0) is 9.53 Å². The molecule has 0 aromatic heterocycles. The monoisotopic (exact) mass is 162 g/mol. The third kappa shape index (κ3) is 2.17. The zero-order valence-electron chi connectivity index (χ0n) is 7.00. The first-order chi connectivity index (χ1) is 4.96. The van der Waals surface area contributed by atoms with E-state index in [1.807, 2.05) is 0 Å². The van der Waals surface area contributed by atoms with E-state index in [0.29, 0.717) is 6.42 Å². The number of methoxy groups -OCH3 is 1. The van der Waals surface area contributed by atoms with E-state index in [-0.39, 0.29) is 0 Å². The summed E-state index contributed by atoms with van der Waals surface area (Å²) in [6, 6.07) is 0. The van der Waals surface area contributed by atoms with Crippen molar-refractivity contribution in [1.82, 2.24) is 0 Å². The van der Waals surface area contributed by atoms with Gasteiger partial charge in [0.2, 0.25) is 0 Å². The molecule has 0 saturated heterocycles. The number of hydrogen-bond acceptors (Lipinski definition) is 4. The van der Waals surface area contributed by atoms with Crippen LogP contribution in [-0.4, -0.2) is 35.0 Å². The molecule has 0 aromatic carbocycles. The maximum Gasteiger partial charge on any atom is 0.340 e. The zero-order chi connectivity index (χ0) is 9.07. The lowest BCUT2D eigenvalue weighted by Gasteiger charge is -2.24. The van der Waals surface area contributed by atoms with E-state index in [4.69, 9.17) is 5.11 Å². The standard InChI is InChI=1S/C7H14O4/c1-4-5(8)7(2,10)6(9)11-3/h5,8,10H,4H2,1-3H3/t5-,7-/m1/s1. The summed E-state index contributed by atoms with van der Waals surface area (Å²) in [6.07, 6.45) is -0.766. The van der Waals surface area contributed by atoms with Crippen molar-refractivity contribution in [2.75, 3.05) is 7.11 Å². The molecule has 0 aliphatic carbocycles. The maximum absolute atomic E-state index is 10.8. The van der Waals surface area contributed by atoms with Crippen LogP contribution >= 0.6 is 0 Å². The van der Waals surface area contributed by atoms with Crippen molar-refractivity contribution < 1.29 is 19.7 Å². The van der Waals surface area contributed by atoms with Gasteiger partial charge in [-0.05, 0) is 13.3 Å². The van der Waals surface area contributed by atoms with Gasteiger partial charge >= 0.3 is 5.97 Å². The molecule has 4 nitrogen and oxygen atoms in total. The Balaban J connectivity index is 4.31. The molecule has 0 amide bonds. The Kier molecular flexibility index (Phi) is 3.48. The lowest BCUT2D eigenvalue weighted by Crippen LogP contribution is -2.47. The van der Waals surface area contributed by atoms with Crippen LogP contribution in [0.4, 0.5) is 0 Å². The second-order valence-corrected chi connectivity index (χ2v) is 2.56. The molecular formula is C7H14O4. The molecule has 0 rings (SSSR count). The SMILES string of the molecule is CC[C@@H](O)[C@@](C)(O)C(=O)OC. The van der Waals surface area contributed by atoms with E-state index in [1.165, 1.54) is 14.0 Å². The van der Waals surface area contributed by atoms with Crippen LogP contribution in [0.1, 0.15) is 20.3 Å². The van der Waals surface area contributed by atoms with Gasteiger partial charge in [-0.25, -0.2) is 4.79 Å². The summed E-state index contributed by atoms with van der Waals surface area (Å²) in [5.74, 6) is -0.813. The summed E-state index contributed by atoms with van der Waals surface area (Å²) in [6.45, 7) is 2.90. The van der Waals surface area contributed by atoms with Gasteiger partial charge in [-0.1, -0.05) is 6.92 Å². The highest BCUT2D eigenvalue weighted by atomic mass is 16.5. The highest BCUT2D eigenvalue weighted by Gasteiger charge is 2.38. The van der Waals surface area contributed by atoms with Crippen LogP contribution in [0.5, 0.6) is 0 Å². The van der Waals surface area contributed by atoms with Gasteiger partial charge in [0.25, 0.3) is 0 Å². The second-order valence-electron chi connectivity index (χ2n) is 2.56. The van der Waals surface area contributed by atoms with Gasteiger partial charge in [0.05, 0.1) is 13.2 Å². The molecule has 0 aliphatic rings. The predicted molar refractivity (Wildman–Crippen MR) is 38.9 cm³/mol. The van der Waals surface area contributed by atoms with Crippen LogP contribution in [0.3, 0.4) is 0 Å². The molecule has 0 aliphatic heterocycles. The normalized spacial score (nSPS) is 18.6. The van der Waals surface area contributed by atoms with Crippen molar-refractivity contribution in [3.63, 3.8) is 0 Å². The van der Waals surface area contributed by atoms with Crippen molar-refractivity contribution in [3.05, 3.63) is 0 Å². The molecule has 0 spiro atoms. The summed E-state index contributed by atoms with van der Waals surface area (Å²) in [7, 11) is 1.17. The van der Waals surface area contributed by atoms with E-state index >= 15 is 0 Å². The molecule has 0 radical (unpaired) electrons. The fourth-order valence-corrected chi connectivity index (χ4v) is 0.740. The van der Waals surface area contributed by atoms with Crippen molar-refractivity contribution in [1.29, 1.82) is 0 Å². The van der Waals surface area contributed by atoms with Crippen LogP contribution in [0, 0.1) is 0 Å². The Morgan fingerprint density at radius 3 is 2.45 bits per heavy atom. The van der Waals surface area contributed by atoms with Gasteiger partial charge in [0.1, 0.15) is 0 Å². The van der Waals surface area contributed by atoms with E-state index in [0.717, 1.165) is 0 Å². The quantitative estimate of drug-likeness (QED) is 0.558. The Hall–Kier alpha value is -0.610. The number of carbonyl (C=O) groups excluding carboxylic acids is 1. The Bertz CT molecular complexity index is 141. The molecule has 2 N–H and O–H groups in total. The number of carbonyl (C=O) groups is 1. The third-order valence-electron chi connectivity index (χ3n) is 1.63. The topological polar surface area (TPSA) is 66.8 Å². The van der Waals surface area contributed by atoms with Crippen molar-refractivity contribution in [3.8, 4) is 0 Å². The maximum atomic E-state index is 10.8. The summed E-state index contributed by atoms with van der Waals surface area (Å²) >= 11 is 0. The van der Waals surface area contributed by atoms with E-state index < -0.39 is 17.7 Å². The molecule has 2 atom stereocenters. The molecule has 0 saturated carbocycles. The summed E-state index contributed by atoms with van der Waals surface area (Å²) in [5, 5.41) is 18.5. The smallest absolute Gasteiger partial charge is 0.340 e. The van der Waals surface area contributed by atoms with Gasteiger partial charge in [-0.3, -0.25) is 0 Å². The molecule has 66 valence electrons. The minimum absolute atomic E-state index is 0.308. The molecule has 11 heavy (non-hydrogen) atoms. The number of esters is 1. The van der Waals surface area contributed by atoms with Crippen LogP contribution in [0.25, 0.3) is 0 Å². The molecule has 0 aromatic rings. The molecule has 0 bridgehead atoms. The number of aliphatic hydroxyl groups is 2. The van der Waals surface area contributed by atoms with Gasteiger partial charge in [0, 0.05) is 0 Å². The Morgan fingerprint density at radius 1 is 1.73 bits per heavy atom. The van der Waals surface area contributed by atoms with E-state index in [1.54, 1.807) is 6.92 Å². The first kappa shape index (κ1) is 10.4. The first-order valence-corrected chi connectivity index (χ1v) is 3.45. The van der Waals surface area contributed by atoms with Gasteiger partial charge in [-0.2, -0.15) is 0 Å². The van der Waals surface area contributed by atoms with Crippen LogP contribution in [0.2, 0.25) is 0 Å². The first-order valence-electron chi connectivity index (χ1n) is 3.45. The van der Waals surface area contributed by atoms with Crippen molar-refractivity contribution >= 4 is 5.97 Å². The summed E-state index contributed by atoms with van der Waals surface area (Å²) < 4.78 is 4.29. The van der Waals surface area contributed by atoms with Crippen LogP contribution in [0.15, 0.2) is 0 Å². The molecule has 0 unspecified atom stereocenters. The largest absolute Gasteiger partial charge is 0.467 e. The minimum Gasteiger partial charge on any atom is -0.467 e. The number of aliphatic hydroxyl groups excluding tert-OH is 1. The number of hydrogen-bond donors (Lipinski definition) is 2. The number of rotatable bonds is 3. The van der Waals surface area contributed by atoms with Gasteiger partial charge < -0.3 is 14.9 Å². The summed E-state index contributed by atoms with van der Waals surface area (Å²) in [5.41, 5.74) is -1.79. The third-order valence-corrected chi connectivity index (χ3v) is 1.63. The van der Waals surface area contributed by atoms with Crippen molar-refractivity contribution in [2.45, 2.75) is 32.0 Å². The average Bonchev–Trinajstić information content (AvgIpc) is 2.01. The minimum atomic E-state index is -1.79. The molecular weight excluding hydrogens is 148 g/mol. The molecule has 0 fully saturated rings. The average molecular weight is 162 g/mol. The van der Waals surface area contributed by atoms with Crippen LogP contribution < -0.4 is 0 Å². The second kappa shape index (κ2) is 3.69. The number of ether oxygens (including phenoxy) is 1. The lowest BCUT2D eigenvalue weighted by molar-refractivity contribution is -0.172. The summed E-state index contributed by atoms with van der Waals surface area (Å²) in [4.78, 5) is 10.8. The predicted octanol–water partition coefficient (Wildman–Crippen LogP) is -0.319. The van der Waals surface area contributed by atoms with Gasteiger partial charge in [0.15, 0.2) is 5.60 Å². The fraction of sp³-hybridized carbons (Fsp3) is 0.857. The highest BCUT2D eigenvalue weighted by molar-refractivity contribution is 5.79. The van der Waals surface area contributed by atoms with E-state index in [2.05, 4.69) is 4.74 Å².